The first-order valence-electron chi connectivity index (χ1n) is 10.3. The van der Waals surface area contributed by atoms with E-state index in [0.29, 0.717) is 23.6 Å². The molecular weight excluding hydrogens is 450 g/mol. The van der Waals surface area contributed by atoms with Crippen LogP contribution in [0.2, 0.25) is 0 Å². The molecule has 0 spiro atoms. The monoisotopic (exact) mass is 469 g/mol. The van der Waals surface area contributed by atoms with Crippen LogP contribution in [-0.2, 0) is 4.74 Å². The molecule has 1 saturated heterocycles. The Morgan fingerprint density at radius 3 is 2.63 bits per heavy atom. The molecule has 3 aliphatic heterocycles. The smallest absolute Gasteiger partial charge is 0.338 e. The Hall–Kier alpha value is -2.54. The normalized spacial score (nSPS) is 28.2. The van der Waals surface area contributed by atoms with Gasteiger partial charge < -0.3 is 19.1 Å². The minimum absolute atomic E-state index is 0.0481. The molecule has 6 rings (SSSR count). The van der Waals surface area contributed by atoms with Crippen LogP contribution in [0.3, 0.4) is 0 Å². The summed E-state index contributed by atoms with van der Waals surface area (Å²) in [6.07, 6.45) is 2.35. The summed E-state index contributed by atoms with van der Waals surface area (Å²) in [5, 5.41) is 0. The number of carbonyl (C=O) groups excluding carboxylic acids is 2. The number of carbonyl (C=O) groups is 2. The van der Waals surface area contributed by atoms with Crippen LogP contribution in [0.1, 0.15) is 51.5 Å². The first-order valence-corrected chi connectivity index (χ1v) is 11.1. The summed E-state index contributed by atoms with van der Waals surface area (Å²) >= 11 is 3.39. The molecule has 4 aliphatic rings. The molecule has 2 fully saturated rings. The highest BCUT2D eigenvalue weighted by Gasteiger charge is 2.53. The van der Waals surface area contributed by atoms with Crippen molar-refractivity contribution in [3.8, 4) is 11.5 Å². The summed E-state index contributed by atoms with van der Waals surface area (Å²) in [7, 11) is 0. The van der Waals surface area contributed by atoms with Gasteiger partial charge in [-0.05, 0) is 61.2 Å². The van der Waals surface area contributed by atoms with Crippen molar-refractivity contribution in [2.75, 3.05) is 13.3 Å². The molecule has 0 aromatic heterocycles. The van der Waals surface area contributed by atoms with Gasteiger partial charge in [0.25, 0.3) is 5.91 Å². The summed E-state index contributed by atoms with van der Waals surface area (Å²) in [5.74, 6) is 1.51. The van der Waals surface area contributed by atoms with Gasteiger partial charge in [0.2, 0.25) is 6.79 Å². The van der Waals surface area contributed by atoms with E-state index < -0.39 is 0 Å². The SMILES string of the molecule is O=C(O[C@H]1CC[C@@H]2c3cc4c(cc3C(=O)N3CC[C@@H]1[C@@H]23)OCO4)c1ccc(Br)cc1. The number of ether oxygens (including phenoxy) is 3. The van der Waals surface area contributed by atoms with E-state index in [-0.39, 0.29) is 42.7 Å². The number of esters is 1. The molecule has 1 aliphatic carbocycles. The van der Waals surface area contributed by atoms with Crippen LogP contribution in [0.25, 0.3) is 0 Å². The first kappa shape index (κ1) is 18.2. The second-order valence-corrected chi connectivity index (χ2v) is 9.28. The van der Waals surface area contributed by atoms with Crippen molar-refractivity contribution in [2.24, 2.45) is 5.92 Å². The van der Waals surface area contributed by atoms with Gasteiger partial charge >= 0.3 is 5.97 Å². The number of hydrogen-bond donors (Lipinski definition) is 0. The molecule has 7 heteroatoms. The maximum atomic E-state index is 13.2. The van der Waals surface area contributed by atoms with Crippen LogP contribution in [0.5, 0.6) is 11.5 Å². The fraction of sp³-hybridized carbons (Fsp3) is 0.391. The Balaban J connectivity index is 1.29. The van der Waals surface area contributed by atoms with Crippen LogP contribution in [0.15, 0.2) is 40.9 Å². The molecule has 0 N–H and O–H groups in total. The topological polar surface area (TPSA) is 65.1 Å². The Bertz CT molecular complexity index is 1050. The van der Waals surface area contributed by atoms with E-state index in [0.717, 1.165) is 34.9 Å². The summed E-state index contributed by atoms with van der Waals surface area (Å²) in [4.78, 5) is 27.9. The van der Waals surface area contributed by atoms with Gasteiger partial charge in [-0.3, -0.25) is 4.79 Å². The summed E-state index contributed by atoms with van der Waals surface area (Å²) in [6, 6.07) is 11.1. The standard InChI is InChI=1S/C23H20BrNO5/c24-13-3-1-12(2-4-13)23(27)30-18-6-5-14-16-9-19-20(29-11-28-19)10-17(16)22(26)25-8-7-15(18)21(14)25/h1-4,9-10,14-15,18,21H,5-8,11H2/t14-,15+,18+,21-/m1/s1. The minimum atomic E-state index is -0.296. The Kier molecular flexibility index (Phi) is 4.10. The lowest BCUT2D eigenvalue weighted by Crippen LogP contribution is -2.51. The Morgan fingerprint density at radius 2 is 1.83 bits per heavy atom. The van der Waals surface area contributed by atoms with Crippen molar-refractivity contribution < 1.29 is 23.8 Å². The molecule has 0 bridgehead atoms. The lowest BCUT2D eigenvalue weighted by atomic mass is 9.70. The highest BCUT2D eigenvalue weighted by molar-refractivity contribution is 9.10. The van der Waals surface area contributed by atoms with Gasteiger partial charge in [0.15, 0.2) is 11.5 Å². The van der Waals surface area contributed by atoms with Crippen LogP contribution < -0.4 is 9.47 Å². The average Bonchev–Trinajstić information content (AvgIpc) is 3.40. The molecule has 3 heterocycles. The van der Waals surface area contributed by atoms with E-state index in [1.807, 2.05) is 29.2 Å². The molecule has 154 valence electrons. The summed E-state index contributed by atoms with van der Waals surface area (Å²) in [6.45, 7) is 0.895. The van der Waals surface area contributed by atoms with Gasteiger partial charge in [-0.15, -0.1) is 0 Å². The van der Waals surface area contributed by atoms with E-state index in [1.54, 1.807) is 12.1 Å². The van der Waals surface area contributed by atoms with Crippen molar-refractivity contribution in [1.82, 2.24) is 4.90 Å². The lowest BCUT2D eigenvalue weighted by molar-refractivity contribution is -0.0130. The van der Waals surface area contributed by atoms with Crippen LogP contribution in [-0.4, -0.2) is 42.3 Å². The van der Waals surface area contributed by atoms with Gasteiger partial charge in [0.1, 0.15) is 6.10 Å². The highest BCUT2D eigenvalue weighted by Crippen LogP contribution is 2.51. The number of rotatable bonds is 2. The summed E-state index contributed by atoms with van der Waals surface area (Å²) < 4.78 is 17.9. The first-order chi connectivity index (χ1) is 14.6. The molecule has 30 heavy (non-hydrogen) atoms. The molecule has 0 unspecified atom stereocenters. The molecule has 2 aromatic rings. The fourth-order valence-electron chi connectivity index (χ4n) is 5.61. The van der Waals surface area contributed by atoms with Crippen LogP contribution >= 0.6 is 15.9 Å². The van der Waals surface area contributed by atoms with Crippen molar-refractivity contribution in [3.63, 3.8) is 0 Å². The Morgan fingerprint density at radius 1 is 1.07 bits per heavy atom. The zero-order valence-corrected chi connectivity index (χ0v) is 17.8. The molecule has 6 nitrogen and oxygen atoms in total. The number of amides is 1. The van der Waals surface area contributed by atoms with Crippen molar-refractivity contribution in [1.29, 1.82) is 0 Å². The lowest BCUT2D eigenvalue weighted by Gasteiger charge is -2.45. The number of hydrogen-bond acceptors (Lipinski definition) is 5. The molecule has 0 radical (unpaired) electrons. The number of nitrogens with zero attached hydrogens (tertiary/aromatic N) is 1. The van der Waals surface area contributed by atoms with Crippen molar-refractivity contribution in [2.45, 2.75) is 37.3 Å². The third-order valence-corrected chi connectivity index (χ3v) is 7.46. The quantitative estimate of drug-likeness (QED) is 0.618. The summed E-state index contributed by atoms with van der Waals surface area (Å²) in [5.41, 5.74) is 2.33. The molecule has 2 aromatic carbocycles. The molecule has 1 amide bonds. The third kappa shape index (κ3) is 2.68. The van der Waals surface area contributed by atoms with Gasteiger partial charge in [-0.2, -0.15) is 0 Å². The second-order valence-electron chi connectivity index (χ2n) is 8.37. The van der Waals surface area contributed by atoms with E-state index >= 15 is 0 Å². The van der Waals surface area contributed by atoms with E-state index in [4.69, 9.17) is 14.2 Å². The maximum Gasteiger partial charge on any atom is 0.338 e. The fourth-order valence-corrected chi connectivity index (χ4v) is 5.87. The maximum absolute atomic E-state index is 13.2. The van der Waals surface area contributed by atoms with E-state index in [2.05, 4.69) is 15.9 Å². The number of halogens is 1. The van der Waals surface area contributed by atoms with E-state index in [1.165, 1.54) is 0 Å². The van der Waals surface area contributed by atoms with Gasteiger partial charge in [0, 0.05) is 34.5 Å². The van der Waals surface area contributed by atoms with Gasteiger partial charge in [0.05, 0.1) is 5.56 Å². The third-order valence-electron chi connectivity index (χ3n) is 6.93. The zero-order chi connectivity index (χ0) is 20.4. The minimum Gasteiger partial charge on any atom is -0.458 e. The average molecular weight is 470 g/mol. The largest absolute Gasteiger partial charge is 0.458 e. The van der Waals surface area contributed by atoms with Crippen molar-refractivity contribution >= 4 is 27.8 Å². The van der Waals surface area contributed by atoms with Gasteiger partial charge in [-0.25, -0.2) is 4.79 Å². The van der Waals surface area contributed by atoms with Crippen LogP contribution in [0, 0.1) is 5.92 Å². The zero-order valence-electron chi connectivity index (χ0n) is 16.2. The molecular formula is C23H20BrNO5. The Labute approximate surface area is 182 Å². The second kappa shape index (κ2) is 6.74. The predicted octanol–water partition coefficient (Wildman–Crippen LogP) is 4.13. The highest BCUT2D eigenvalue weighted by atomic mass is 79.9. The van der Waals surface area contributed by atoms with Crippen LogP contribution in [0.4, 0.5) is 0 Å². The predicted molar refractivity (Wildman–Crippen MR) is 111 cm³/mol. The number of fused-ring (bicyclic) bond motifs is 3. The number of benzene rings is 2. The molecule has 1 saturated carbocycles. The van der Waals surface area contributed by atoms with Crippen molar-refractivity contribution in [3.05, 3.63) is 57.6 Å². The molecule has 4 atom stereocenters. The van der Waals surface area contributed by atoms with E-state index in [9.17, 15) is 9.59 Å². The van der Waals surface area contributed by atoms with Gasteiger partial charge in [-0.1, -0.05) is 15.9 Å².